The number of fused-ring (bicyclic) bond motifs is 1. The van der Waals surface area contributed by atoms with Crippen LogP contribution in [0, 0.1) is 0 Å². The molecule has 0 atom stereocenters. The van der Waals surface area contributed by atoms with Gasteiger partial charge in [0.05, 0.1) is 5.69 Å². The zero-order valence-electron chi connectivity index (χ0n) is 11.6. The summed E-state index contributed by atoms with van der Waals surface area (Å²) in [7, 11) is 0.418. The zero-order chi connectivity index (χ0) is 14.8. The fraction of sp³-hybridized carbons (Fsp3) is 0.133. The number of aryl methyl sites for hydroxylation is 1. The van der Waals surface area contributed by atoms with Gasteiger partial charge >= 0.3 is 7.12 Å². The Morgan fingerprint density at radius 1 is 1.10 bits per heavy atom. The van der Waals surface area contributed by atoms with Crippen molar-refractivity contribution in [3.05, 3.63) is 54.4 Å². The monoisotopic (exact) mass is 282 g/mol. The van der Waals surface area contributed by atoms with E-state index in [1.807, 2.05) is 43.6 Å². The average molecular weight is 282 g/mol. The van der Waals surface area contributed by atoms with Gasteiger partial charge in [0.1, 0.15) is 12.4 Å². The summed E-state index contributed by atoms with van der Waals surface area (Å²) in [5.41, 5.74) is 1.35. The van der Waals surface area contributed by atoms with Crippen LogP contribution in [0.3, 0.4) is 0 Å². The molecular weight excluding hydrogens is 267 g/mol. The number of aromatic nitrogens is 2. The van der Waals surface area contributed by atoms with Crippen LogP contribution in [0.2, 0.25) is 0 Å². The highest BCUT2D eigenvalue weighted by Crippen LogP contribution is 2.20. The molecule has 0 saturated heterocycles. The van der Waals surface area contributed by atoms with Crippen molar-refractivity contribution in [2.75, 3.05) is 0 Å². The highest BCUT2D eigenvalue weighted by Gasteiger charge is 2.11. The fourth-order valence-corrected chi connectivity index (χ4v) is 2.19. The Morgan fingerprint density at radius 3 is 2.57 bits per heavy atom. The van der Waals surface area contributed by atoms with E-state index in [0.717, 1.165) is 22.2 Å². The summed E-state index contributed by atoms with van der Waals surface area (Å²) in [6.07, 6.45) is 1.88. The van der Waals surface area contributed by atoms with Gasteiger partial charge in [-0.25, -0.2) is 0 Å². The molecule has 0 spiro atoms. The molecule has 106 valence electrons. The summed E-state index contributed by atoms with van der Waals surface area (Å²) in [6.45, 7) is 0.416. The van der Waals surface area contributed by atoms with E-state index in [2.05, 4.69) is 5.10 Å². The summed E-state index contributed by atoms with van der Waals surface area (Å²) in [6, 6.07) is 12.9. The lowest BCUT2D eigenvalue weighted by Crippen LogP contribution is -2.29. The van der Waals surface area contributed by atoms with E-state index in [1.54, 1.807) is 16.8 Å². The lowest BCUT2D eigenvalue weighted by molar-refractivity contribution is 0.300. The number of rotatable bonds is 4. The van der Waals surface area contributed by atoms with Crippen molar-refractivity contribution in [2.24, 2.45) is 7.05 Å². The topological polar surface area (TPSA) is 67.5 Å². The first-order valence-electron chi connectivity index (χ1n) is 6.63. The summed E-state index contributed by atoms with van der Waals surface area (Å²) in [4.78, 5) is 0. The minimum Gasteiger partial charge on any atom is -0.487 e. The molecule has 0 radical (unpaired) electrons. The van der Waals surface area contributed by atoms with Gasteiger partial charge in [0.2, 0.25) is 0 Å². The third-order valence-corrected chi connectivity index (χ3v) is 3.29. The minimum atomic E-state index is -1.45. The maximum Gasteiger partial charge on any atom is 0.488 e. The van der Waals surface area contributed by atoms with Crippen LogP contribution >= 0.6 is 0 Å². The molecule has 21 heavy (non-hydrogen) atoms. The second-order valence-corrected chi connectivity index (χ2v) is 4.91. The van der Waals surface area contributed by atoms with Crippen molar-refractivity contribution in [3.8, 4) is 5.75 Å². The molecule has 0 aliphatic carbocycles. The number of ether oxygens (including phenoxy) is 1. The molecule has 0 saturated carbocycles. The van der Waals surface area contributed by atoms with Gasteiger partial charge in [0.15, 0.2) is 0 Å². The summed E-state index contributed by atoms with van der Waals surface area (Å²) < 4.78 is 7.45. The van der Waals surface area contributed by atoms with Gasteiger partial charge < -0.3 is 14.8 Å². The molecule has 3 aromatic rings. The van der Waals surface area contributed by atoms with E-state index in [1.165, 1.54) is 0 Å². The normalized spacial score (nSPS) is 10.8. The quantitative estimate of drug-likeness (QED) is 0.696. The summed E-state index contributed by atoms with van der Waals surface area (Å²) >= 11 is 0. The lowest BCUT2D eigenvalue weighted by Gasteiger charge is -2.07. The van der Waals surface area contributed by atoms with Gasteiger partial charge in [0, 0.05) is 13.2 Å². The summed E-state index contributed by atoms with van der Waals surface area (Å²) in [5, 5.41) is 24.5. The van der Waals surface area contributed by atoms with Crippen LogP contribution in [-0.4, -0.2) is 26.9 Å². The Bertz CT molecular complexity index is 770. The maximum atomic E-state index is 9.17. The van der Waals surface area contributed by atoms with Gasteiger partial charge in [-0.15, -0.1) is 0 Å². The van der Waals surface area contributed by atoms with E-state index in [0.29, 0.717) is 12.1 Å². The largest absolute Gasteiger partial charge is 0.488 e. The number of hydrogen-bond acceptors (Lipinski definition) is 4. The van der Waals surface area contributed by atoms with Crippen molar-refractivity contribution in [1.29, 1.82) is 0 Å². The predicted molar refractivity (Wildman–Crippen MR) is 81.3 cm³/mol. The average Bonchev–Trinajstić information content (AvgIpc) is 2.90. The third kappa shape index (κ3) is 3.07. The van der Waals surface area contributed by atoms with Gasteiger partial charge in [0.25, 0.3) is 0 Å². The van der Waals surface area contributed by atoms with E-state index < -0.39 is 7.12 Å². The van der Waals surface area contributed by atoms with Crippen LogP contribution in [0.4, 0.5) is 0 Å². The summed E-state index contributed by atoms with van der Waals surface area (Å²) in [5.74, 6) is 0.755. The molecule has 1 aromatic heterocycles. The van der Waals surface area contributed by atoms with E-state index in [-0.39, 0.29) is 0 Å². The fourth-order valence-electron chi connectivity index (χ4n) is 2.19. The second kappa shape index (κ2) is 5.59. The zero-order valence-corrected chi connectivity index (χ0v) is 11.6. The Labute approximate surface area is 122 Å². The van der Waals surface area contributed by atoms with Crippen molar-refractivity contribution in [1.82, 2.24) is 9.78 Å². The van der Waals surface area contributed by atoms with Crippen molar-refractivity contribution >= 4 is 23.4 Å². The van der Waals surface area contributed by atoms with Gasteiger partial charge in [-0.2, -0.15) is 5.10 Å². The molecular formula is C15H15BN2O3. The molecule has 0 unspecified atom stereocenters. The van der Waals surface area contributed by atoms with Crippen LogP contribution in [0.5, 0.6) is 5.75 Å². The van der Waals surface area contributed by atoms with E-state index in [9.17, 15) is 10.0 Å². The molecule has 0 bridgehead atoms. The molecule has 2 aromatic carbocycles. The van der Waals surface area contributed by atoms with Crippen molar-refractivity contribution in [3.63, 3.8) is 0 Å². The standard InChI is InChI=1S/C15H15BN2O3/c1-18-7-6-14(17-18)10-21-15-5-3-11-8-13(16(19)20)4-2-12(11)9-15/h2-9,19-20H,10H2,1H3. The molecule has 6 heteroatoms. The van der Waals surface area contributed by atoms with Crippen LogP contribution < -0.4 is 10.2 Å². The number of nitrogens with zero attached hydrogens (tertiary/aromatic N) is 2. The first kappa shape index (κ1) is 13.7. The SMILES string of the molecule is Cn1ccc(COc2ccc3cc(B(O)O)ccc3c2)n1. The highest BCUT2D eigenvalue weighted by molar-refractivity contribution is 6.58. The van der Waals surface area contributed by atoms with Crippen LogP contribution in [0.15, 0.2) is 48.7 Å². The molecule has 3 rings (SSSR count). The predicted octanol–water partition coefficient (Wildman–Crippen LogP) is 0.832. The van der Waals surface area contributed by atoms with Crippen LogP contribution in [0.25, 0.3) is 10.8 Å². The van der Waals surface area contributed by atoms with Crippen LogP contribution in [0.1, 0.15) is 5.69 Å². The van der Waals surface area contributed by atoms with Crippen molar-refractivity contribution in [2.45, 2.75) is 6.61 Å². The van der Waals surface area contributed by atoms with Gasteiger partial charge in [-0.3, -0.25) is 4.68 Å². The number of hydrogen-bond donors (Lipinski definition) is 2. The Balaban J connectivity index is 1.79. The molecule has 0 fully saturated rings. The molecule has 0 amide bonds. The lowest BCUT2D eigenvalue weighted by atomic mass is 9.79. The Hall–Kier alpha value is -2.31. The third-order valence-electron chi connectivity index (χ3n) is 3.29. The second-order valence-electron chi connectivity index (χ2n) is 4.91. The smallest absolute Gasteiger partial charge is 0.487 e. The van der Waals surface area contributed by atoms with Gasteiger partial charge in [-0.05, 0) is 34.4 Å². The molecule has 5 nitrogen and oxygen atoms in total. The maximum absolute atomic E-state index is 9.17. The molecule has 0 aliphatic heterocycles. The molecule has 2 N–H and O–H groups in total. The highest BCUT2D eigenvalue weighted by atomic mass is 16.5. The van der Waals surface area contributed by atoms with E-state index >= 15 is 0 Å². The van der Waals surface area contributed by atoms with Crippen LogP contribution in [-0.2, 0) is 13.7 Å². The number of benzene rings is 2. The molecule has 1 heterocycles. The molecule has 0 aliphatic rings. The Morgan fingerprint density at radius 2 is 1.86 bits per heavy atom. The first-order chi connectivity index (χ1) is 10.1. The minimum absolute atomic E-state index is 0.416. The first-order valence-corrected chi connectivity index (χ1v) is 6.63. The van der Waals surface area contributed by atoms with E-state index in [4.69, 9.17) is 4.74 Å². The van der Waals surface area contributed by atoms with Crippen molar-refractivity contribution < 1.29 is 14.8 Å². The van der Waals surface area contributed by atoms with Gasteiger partial charge in [-0.1, -0.05) is 24.3 Å². The Kier molecular flexibility index (Phi) is 3.64.